The Labute approximate surface area is 239 Å². The molecule has 11 nitrogen and oxygen atoms in total. The molecule has 0 aromatic heterocycles. The van der Waals surface area contributed by atoms with Crippen LogP contribution in [0.2, 0.25) is 0 Å². The van der Waals surface area contributed by atoms with Crippen molar-refractivity contribution in [2.45, 2.75) is 11.3 Å². The number of ether oxygens (including phenoxy) is 4. The van der Waals surface area contributed by atoms with Crippen molar-refractivity contribution >= 4 is 27.5 Å². The Bertz CT molecular complexity index is 1500. The van der Waals surface area contributed by atoms with E-state index in [1.807, 2.05) is 12.1 Å². The van der Waals surface area contributed by atoms with Crippen molar-refractivity contribution in [3.05, 3.63) is 77.4 Å². The molecule has 0 bridgehead atoms. The van der Waals surface area contributed by atoms with Crippen LogP contribution in [-0.4, -0.2) is 78.7 Å². The van der Waals surface area contributed by atoms with Crippen LogP contribution in [0.25, 0.3) is 0 Å². The average Bonchev–Trinajstić information content (AvgIpc) is 3.01. The van der Waals surface area contributed by atoms with Gasteiger partial charge in [0.1, 0.15) is 5.75 Å². The van der Waals surface area contributed by atoms with Gasteiger partial charge in [0, 0.05) is 19.6 Å². The minimum atomic E-state index is -3.84. The van der Waals surface area contributed by atoms with Gasteiger partial charge in [-0.05, 0) is 54.4 Å². The van der Waals surface area contributed by atoms with Gasteiger partial charge in [-0.2, -0.15) is 4.31 Å². The molecule has 0 atom stereocenters. The van der Waals surface area contributed by atoms with Crippen LogP contribution in [0.15, 0.2) is 65.6 Å². The van der Waals surface area contributed by atoms with Crippen molar-refractivity contribution in [1.29, 1.82) is 0 Å². The molecule has 218 valence electrons. The summed E-state index contributed by atoms with van der Waals surface area (Å²) < 4.78 is 48.8. The molecule has 0 unspecified atom stereocenters. The van der Waals surface area contributed by atoms with E-state index in [0.29, 0.717) is 37.7 Å². The molecule has 0 saturated carbocycles. The zero-order chi connectivity index (χ0) is 29.4. The largest absolute Gasteiger partial charge is 0.496 e. The fourth-order valence-electron chi connectivity index (χ4n) is 4.39. The molecule has 3 aromatic rings. The first-order chi connectivity index (χ1) is 19.8. The first-order valence-electron chi connectivity index (χ1n) is 12.9. The SMILES string of the molecule is COc1ccc(CCNC(=O)c2ccccc2NC(=O)c2cc(S(=O)(=O)N3CCOCC3)ccc2OC)cc1OC. The maximum atomic E-state index is 13.4. The third kappa shape index (κ3) is 6.96. The van der Waals surface area contributed by atoms with Crippen molar-refractivity contribution in [2.24, 2.45) is 0 Å². The Morgan fingerprint density at radius 2 is 1.51 bits per heavy atom. The van der Waals surface area contributed by atoms with Gasteiger partial charge in [0.25, 0.3) is 11.8 Å². The topological polar surface area (TPSA) is 132 Å². The Kier molecular flexibility index (Phi) is 9.82. The second kappa shape index (κ2) is 13.5. The third-order valence-electron chi connectivity index (χ3n) is 6.59. The molecule has 3 aromatic carbocycles. The molecule has 1 saturated heterocycles. The van der Waals surface area contributed by atoms with Crippen molar-refractivity contribution < 1.29 is 37.0 Å². The molecule has 0 aliphatic carbocycles. The summed E-state index contributed by atoms with van der Waals surface area (Å²) in [7, 11) is 0.673. The van der Waals surface area contributed by atoms with Crippen LogP contribution in [0.4, 0.5) is 5.69 Å². The van der Waals surface area contributed by atoms with Gasteiger partial charge >= 0.3 is 0 Å². The molecule has 1 aliphatic heterocycles. The summed E-state index contributed by atoms with van der Waals surface area (Å²) in [6.45, 7) is 1.40. The highest BCUT2D eigenvalue weighted by Crippen LogP contribution is 2.28. The van der Waals surface area contributed by atoms with E-state index in [1.165, 1.54) is 29.6 Å². The molecule has 2 amide bonds. The number of anilines is 1. The van der Waals surface area contributed by atoms with Crippen molar-refractivity contribution in [3.63, 3.8) is 0 Å². The van der Waals surface area contributed by atoms with Crippen LogP contribution in [0.1, 0.15) is 26.3 Å². The molecule has 12 heteroatoms. The zero-order valence-corrected chi connectivity index (χ0v) is 24.0. The van der Waals surface area contributed by atoms with E-state index in [0.717, 1.165) is 5.56 Å². The number of amides is 2. The molecule has 4 rings (SSSR count). The highest BCUT2D eigenvalue weighted by atomic mass is 32.2. The lowest BCUT2D eigenvalue weighted by atomic mass is 10.1. The average molecular weight is 584 g/mol. The van der Waals surface area contributed by atoms with Crippen molar-refractivity contribution in [2.75, 3.05) is 59.5 Å². The summed E-state index contributed by atoms with van der Waals surface area (Å²) in [5.41, 5.74) is 1.49. The van der Waals surface area contributed by atoms with Gasteiger partial charge in [-0.1, -0.05) is 18.2 Å². The molecule has 2 N–H and O–H groups in total. The lowest BCUT2D eigenvalue weighted by molar-refractivity contribution is 0.0730. The number of carbonyl (C=O) groups excluding carboxylic acids is 2. The van der Waals surface area contributed by atoms with E-state index in [2.05, 4.69) is 10.6 Å². The lowest BCUT2D eigenvalue weighted by Gasteiger charge is -2.26. The van der Waals surface area contributed by atoms with E-state index in [4.69, 9.17) is 18.9 Å². The van der Waals surface area contributed by atoms with Crippen LogP contribution in [-0.2, 0) is 21.2 Å². The summed E-state index contributed by atoms with van der Waals surface area (Å²) in [5.74, 6) is 0.413. The predicted octanol–water partition coefficient (Wildman–Crippen LogP) is 2.96. The fourth-order valence-corrected chi connectivity index (χ4v) is 5.83. The number of sulfonamides is 1. The van der Waals surface area contributed by atoms with E-state index in [9.17, 15) is 18.0 Å². The quantitative estimate of drug-likeness (QED) is 0.352. The Morgan fingerprint density at radius 1 is 0.829 bits per heavy atom. The molecule has 0 spiro atoms. The minimum absolute atomic E-state index is 0.0190. The lowest BCUT2D eigenvalue weighted by Crippen LogP contribution is -2.40. The summed E-state index contributed by atoms with van der Waals surface area (Å²) in [5, 5.41) is 5.61. The number of morpholine rings is 1. The summed E-state index contributed by atoms with van der Waals surface area (Å²) in [4.78, 5) is 26.4. The predicted molar refractivity (Wildman–Crippen MR) is 153 cm³/mol. The van der Waals surface area contributed by atoms with E-state index in [1.54, 1.807) is 44.6 Å². The molecule has 0 radical (unpaired) electrons. The van der Waals surface area contributed by atoms with E-state index >= 15 is 0 Å². The third-order valence-corrected chi connectivity index (χ3v) is 8.49. The maximum absolute atomic E-state index is 13.4. The second-order valence-electron chi connectivity index (χ2n) is 9.07. The van der Waals surface area contributed by atoms with Gasteiger partial charge in [-0.25, -0.2) is 8.42 Å². The monoisotopic (exact) mass is 583 g/mol. The second-order valence-corrected chi connectivity index (χ2v) is 11.0. The molecule has 41 heavy (non-hydrogen) atoms. The highest BCUT2D eigenvalue weighted by molar-refractivity contribution is 7.89. The number of carbonyl (C=O) groups is 2. The van der Waals surface area contributed by atoms with Gasteiger partial charge in [-0.3, -0.25) is 9.59 Å². The van der Waals surface area contributed by atoms with Gasteiger partial charge < -0.3 is 29.6 Å². The van der Waals surface area contributed by atoms with E-state index in [-0.39, 0.29) is 46.5 Å². The smallest absolute Gasteiger partial charge is 0.259 e. The Hall–Kier alpha value is -4.13. The van der Waals surface area contributed by atoms with Gasteiger partial charge in [-0.15, -0.1) is 0 Å². The van der Waals surface area contributed by atoms with Crippen molar-refractivity contribution in [1.82, 2.24) is 9.62 Å². The molecular weight excluding hydrogens is 550 g/mol. The maximum Gasteiger partial charge on any atom is 0.259 e. The number of hydrogen-bond donors (Lipinski definition) is 2. The van der Waals surface area contributed by atoms with Gasteiger partial charge in [0.15, 0.2) is 11.5 Å². The Balaban J connectivity index is 1.48. The van der Waals surface area contributed by atoms with Crippen LogP contribution >= 0.6 is 0 Å². The summed E-state index contributed by atoms with van der Waals surface area (Å²) in [6.07, 6.45) is 0.544. The summed E-state index contributed by atoms with van der Waals surface area (Å²) in [6, 6.07) is 16.2. The van der Waals surface area contributed by atoms with Gasteiger partial charge in [0.2, 0.25) is 10.0 Å². The van der Waals surface area contributed by atoms with Crippen LogP contribution < -0.4 is 24.8 Å². The van der Waals surface area contributed by atoms with Crippen LogP contribution in [0.5, 0.6) is 17.2 Å². The first kappa shape index (κ1) is 29.8. The fraction of sp³-hybridized carbons (Fsp3) is 0.310. The van der Waals surface area contributed by atoms with E-state index < -0.39 is 15.9 Å². The summed E-state index contributed by atoms with van der Waals surface area (Å²) >= 11 is 0. The minimum Gasteiger partial charge on any atom is -0.496 e. The van der Waals surface area contributed by atoms with Gasteiger partial charge in [0.05, 0.1) is 56.3 Å². The number of hydrogen-bond acceptors (Lipinski definition) is 8. The zero-order valence-electron chi connectivity index (χ0n) is 23.1. The van der Waals surface area contributed by atoms with Crippen LogP contribution in [0, 0.1) is 0 Å². The number of benzene rings is 3. The number of nitrogens with one attached hydrogen (secondary N) is 2. The van der Waals surface area contributed by atoms with Crippen LogP contribution in [0.3, 0.4) is 0 Å². The van der Waals surface area contributed by atoms with Crippen molar-refractivity contribution in [3.8, 4) is 17.2 Å². The molecule has 1 fully saturated rings. The normalized spacial score (nSPS) is 13.7. The number of para-hydroxylation sites is 1. The Morgan fingerprint density at radius 3 is 2.22 bits per heavy atom. The molecule has 1 heterocycles. The molecular formula is C29H33N3O8S. The number of rotatable bonds is 11. The molecule has 1 aliphatic rings. The standard InChI is InChI=1S/C29H33N3O8S/c1-37-25-11-9-21(41(35,36)32-14-16-40-17-15-32)19-23(25)29(34)31-24-7-5-4-6-22(24)28(33)30-13-12-20-8-10-26(38-2)27(18-20)39-3/h4-11,18-19H,12-17H2,1-3H3,(H,30,33)(H,31,34). The number of methoxy groups -OCH3 is 3. The number of nitrogens with zero attached hydrogens (tertiary/aromatic N) is 1. The first-order valence-corrected chi connectivity index (χ1v) is 14.4. The highest BCUT2D eigenvalue weighted by Gasteiger charge is 2.28.